The lowest BCUT2D eigenvalue weighted by Crippen LogP contribution is -2.42. The van der Waals surface area contributed by atoms with E-state index in [1.54, 1.807) is 0 Å². The number of hydrogen-bond acceptors (Lipinski definition) is 4. The molecule has 0 saturated heterocycles. The molecule has 3 atom stereocenters. The van der Waals surface area contributed by atoms with Gasteiger partial charge in [-0.2, -0.15) is 0 Å². The third-order valence-corrected chi connectivity index (χ3v) is 3.55. The molecule has 0 aliphatic carbocycles. The van der Waals surface area contributed by atoms with Crippen LogP contribution in [0.2, 0.25) is 0 Å². The molecule has 0 amide bonds. The van der Waals surface area contributed by atoms with Crippen LogP contribution in [0.25, 0.3) is 0 Å². The fraction of sp³-hybridized carbons (Fsp3) is 0.333. The van der Waals surface area contributed by atoms with Crippen molar-refractivity contribution in [3.63, 3.8) is 0 Å². The van der Waals surface area contributed by atoms with Gasteiger partial charge in [-0.3, -0.25) is 0 Å². The largest absolute Gasteiger partial charge is 0.394 e. The lowest BCUT2D eigenvalue weighted by molar-refractivity contribution is -0.106. The summed E-state index contributed by atoms with van der Waals surface area (Å²) in [5.41, 5.74) is 2.00. The van der Waals surface area contributed by atoms with Crippen molar-refractivity contribution in [2.24, 2.45) is 0 Å². The molecule has 4 heteroatoms. The molecular weight excluding hydrogens is 280 g/mol. The maximum atomic E-state index is 10.2. The fourth-order valence-electron chi connectivity index (χ4n) is 2.26. The Morgan fingerprint density at radius 1 is 0.818 bits per heavy atom. The summed E-state index contributed by atoms with van der Waals surface area (Å²) in [7, 11) is 0. The second-order valence-corrected chi connectivity index (χ2v) is 5.27. The van der Waals surface area contributed by atoms with Crippen LogP contribution < -0.4 is 0 Å². The third-order valence-electron chi connectivity index (χ3n) is 3.55. The molecule has 2 aromatic carbocycles. The molecule has 0 radical (unpaired) electrons. The van der Waals surface area contributed by atoms with E-state index in [9.17, 15) is 10.2 Å². The average Bonchev–Trinajstić information content (AvgIpc) is 2.59. The lowest BCUT2D eigenvalue weighted by atomic mass is 10.0. The molecule has 118 valence electrons. The lowest BCUT2D eigenvalue weighted by Gasteiger charge is -2.26. The Hall–Kier alpha value is -1.72. The van der Waals surface area contributed by atoms with Gasteiger partial charge in [0.15, 0.2) is 0 Å². The van der Waals surface area contributed by atoms with Crippen molar-refractivity contribution in [2.75, 3.05) is 6.61 Å². The van der Waals surface area contributed by atoms with Crippen LogP contribution in [-0.4, -0.2) is 40.2 Å². The zero-order valence-corrected chi connectivity index (χ0v) is 12.4. The Morgan fingerprint density at radius 2 is 1.36 bits per heavy atom. The average molecular weight is 302 g/mol. The standard InChI is InChI=1S/C18H22O4/c19-12-16(20)18(21)17(11-14-7-3-1-4-8-14)22-13-15-9-5-2-6-10-15/h1-10,16-21H,11-13H2/t16-,17?,18+/m0/s1. The van der Waals surface area contributed by atoms with E-state index < -0.39 is 24.9 Å². The third kappa shape index (κ3) is 4.93. The SMILES string of the molecule is OC[C@H](O)[C@@H](O)C(Cc1ccccc1)OCc1ccccc1. The molecule has 0 heterocycles. The molecule has 0 aromatic heterocycles. The molecule has 4 nitrogen and oxygen atoms in total. The van der Waals surface area contributed by atoms with E-state index in [2.05, 4.69) is 0 Å². The molecule has 0 saturated carbocycles. The zero-order valence-electron chi connectivity index (χ0n) is 12.4. The van der Waals surface area contributed by atoms with Crippen LogP contribution in [0, 0.1) is 0 Å². The Morgan fingerprint density at radius 3 is 1.91 bits per heavy atom. The van der Waals surface area contributed by atoms with Gasteiger partial charge in [0, 0.05) is 6.42 Å². The van der Waals surface area contributed by atoms with Crippen LogP contribution in [0.4, 0.5) is 0 Å². The second kappa shape index (κ2) is 8.66. The van der Waals surface area contributed by atoms with Crippen molar-refractivity contribution in [2.45, 2.75) is 31.3 Å². The summed E-state index contributed by atoms with van der Waals surface area (Å²) in [6.07, 6.45) is -2.49. The van der Waals surface area contributed by atoms with Gasteiger partial charge in [0.25, 0.3) is 0 Å². The predicted octanol–water partition coefficient (Wildman–Crippen LogP) is 1.53. The topological polar surface area (TPSA) is 69.9 Å². The van der Waals surface area contributed by atoms with Crippen molar-refractivity contribution in [1.82, 2.24) is 0 Å². The van der Waals surface area contributed by atoms with E-state index in [1.807, 2.05) is 60.7 Å². The van der Waals surface area contributed by atoms with Crippen molar-refractivity contribution < 1.29 is 20.1 Å². The van der Waals surface area contributed by atoms with Crippen LogP contribution in [0.1, 0.15) is 11.1 Å². The number of ether oxygens (including phenoxy) is 1. The summed E-state index contributed by atoms with van der Waals surface area (Å²) in [6.45, 7) is -0.158. The van der Waals surface area contributed by atoms with Crippen LogP contribution in [0.5, 0.6) is 0 Å². The van der Waals surface area contributed by atoms with Crippen molar-refractivity contribution in [3.8, 4) is 0 Å². The van der Waals surface area contributed by atoms with Crippen LogP contribution in [-0.2, 0) is 17.8 Å². The first-order chi connectivity index (χ1) is 10.7. The van der Waals surface area contributed by atoms with Gasteiger partial charge in [0.2, 0.25) is 0 Å². The normalized spacial score (nSPS) is 15.2. The molecule has 1 unspecified atom stereocenters. The molecule has 2 rings (SSSR count). The molecule has 0 aliphatic rings. The maximum Gasteiger partial charge on any atom is 0.109 e. The molecule has 0 fully saturated rings. The molecule has 0 spiro atoms. The Bertz CT molecular complexity index is 529. The second-order valence-electron chi connectivity index (χ2n) is 5.27. The summed E-state index contributed by atoms with van der Waals surface area (Å²) in [5.74, 6) is 0. The van der Waals surface area contributed by atoms with Gasteiger partial charge < -0.3 is 20.1 Å². The quantitative estimate of drug-likeness (QED) is 0.691. The monoisotopic (exact) mass is 302 g/mol. The Labute approximate surface area is 130 Å². The molecule has 3 N–H and O–H groups in total. The van der Waals surface area contributed by atoms with Crippen molar-refractivity contribution >= 4 is 0 Å². The van der Waals surface area contributed by atoms with Gasteiger partial charge in [0.05, 0.1) is 19.3 Å². The van der Waals surface area contributed by atoms with Gasteiger partial charge in [0.1, 0.15) is 12.2 Å². The van der Waals surface area contributed by atoms with E-state index in [0.29, 0.717) is 13.0 Å². The fourth-order valence-corrected chi connectivity index (χ4v) is 2.26. The van der Waals surface area contributed by atoms with Crippen LogP contribution in [0.3, 0.4) is 0 Å². The Kier molecular flexibility index (Phi) is 6.55. The van der Waals surface area contributed by atoms with Crippen LogP contribution in [0.15, 0.2) is 60.7 Å². The van der Waals surface area contributed by atoms with Gasteiger partial charge in [-0.1, -0.05) is 60.7 Å². The minimum atomic E-state index is -1.22. The molecular formula is C18H22O4. The number of rotatable bonds is 8. The summed E-state index contributed by atoms with van der Waals surface area (Å²) in [6, 6.07) is 19.3. The smallest absolute Gasteiger partial charge is 0.109 e. The minimum Gasteiger partial charge on any atom is -0.394 e. The summed E-state index contributed by atoms with van der Waals surface area (Å²) in [5, 5.41) is 28.9. The van der Waals surface area contributed by atoms with Crippen LogP contribution >= 0.6 is 0 Å². The van der Waals surface area contributed by atoms with Gasteiger partial charge in [-0.05, 0) is 11.1 Å². The highest BCUT2D eigenvalue weighted by Crippen LogP contribution is 2.14. The first kappa shape index (κ1) is 16.6. The molecule has 0 bridgehead atoms. The summed E-state index contributed by atoms with van der Waals surface area (Å²) >= 11 is 0. The van der Waals surface area contributed by atoms with E-state index in [0.717, 1.165) is 11.1 Å². The van der Waals surface area contributed by atoms with E-state index in [4.69, 9.17) is 9.84 Å². The van der Waals surface area contributed by atoms with E-state index in [1.165, 1.54) is 0 Å². The number of benzene rings is 2. The predicted molar refractivity (Wildman–Crippen MR) is 84.3 cm³/mol. The van der Waals surface area contributed by atoms with Crippen molar-refractivity contribution in [1.29, 1.82) is 0 Å². The maximum absolute atomic E-state index is 10.2. The molecule has 2 aromatic rings. The summed E-state index contributed by atoms with van der Waals surface area (Å²) < 4.78 is 5.80. The number of aliphatic hydroxyl groups excluding tert-OH is 3. The highest BCUT2D eigenvalue weighted by atomic mass is 16.5. The zero-order chi connectivity index (χ0) is 15.8. The van der Waals surface area contributed by atoms with Gasteiger partial charge in [-0.15, -0.1) is 0 Å². The number of hydrogen-bond donors (Lipinski definition) is 3. The highest BCUT2D eigenvalue weighted by molar-refractivity contribution is 5.16. The van der Waals surface area contributed by atoms with E-state index >= 15 is 0 Å². The highest BCUT2D eigenvalue weighted by Gasteiger charge is 2.27. The molecule has 0 aliphatic heterocycles. The van der Waals surface area contributed by atoms with Crippen molar-refractivity contribution in [3.05, 3.63) is 71.8 Å². The Balaban J connectivity index is 2.04. The van der Waals surface area contributed by atoms with Gasteiger partial charge >= 0.3 is 0 Å². The first-order valence-electron chi connectivity index (χ1n) is 7.37. The van der Waals surface area contributed by atoms with Gasteiger partial charge in [-0.25, -0.2) is 0 Å². The molecule has 22 heavy (non-hydrogen) atoms. The summed E-state index contributed by atoms with van der Waals surface area (Å²) in [4.78, 5) is 0. The van der Waals surface area contributed by atoms with E-state index in [-0.39, 0.29) is 0 Å². The number of aliphatic hydroxyl groups is 3. The first-order valence-corrected chi connectivity index (χ1v) is 7.37. The minimum absolute atomic E-state index is 0.341.